The Labute approximate surface area is 171 Å². The Morgan fingerprint density at radius 3 is 2.69 bits per heavy atom. The number of aromatic nitrogens is 1. The molecule has 1 aromatic heterocycles. The van der Waals surface area contributed by atoms with Crippen LogP contribution in [0.1, 0.15) is 43.9 Å². The Morgan fingerprint density at radius 2 is 1.97 bits per heavy atom. The number of rotatable bonds is 4. The predicted molar refractivity (Wildman–Crippen MR) is 117 cm³/mol. The third-order valence-corrected chi connectivity index (χ3v) is 5.70. The molecule has 1 aliphatic rings. The molecule has 1 aliphatic carbocycles. The minimum atomic E-state index is -0.610. The summed E-state index contributed by atoms with van der Waals surface area (Å²) in [6, 6.07) is 16.1. The van der Waals surface area contributed by atoms with E-state index in [1.54, 1.807) is 12.4 Å². The van der Waals surface area contributed by atoms with E-state index in [0.29, 0.717) is 6.42 Å². The maximum atomic E-state index is 12.6. The van der Waals surface area contributed by atoms with Crippen molar-refractivity contribution in [1.29, 1.82) is 0 Å². The van der Waals surface area contributed by atoms with E-state index in [1.807, 2.05) is 42.6 Å². The van der Waals surface area contributed by atoms with Gasteiger partial charge < -0.3 is 5.73 Å². The molecular formula is C24H26N4O. The molecule has 2 atom stereocenters. The smallest absolute Gasteiger partial charge is 0.245 e. The lowest BCUT2D eigenvalue weighted by molar-refractivity contribution is -0.122. The van der Waals surface area contributed by atoms with Crippen LogP contribution in [0, 0.1) is 5.92 Å². The Hall–Kier alpha value is -3.05. The number of fused-ring (bicyclic) bond motifs is 1. The lowest BCUT2D eigenvalue weighted by Gasteiger charge is -2.20. The van der Waals surface area contributed by atoms with E-state index in [9.17, 15) is 4.79 Å². The number of hydrogen-bond acceptors (Lipinski definition) is 4. The first-order chi connectivity index (χ1) is 13.8. The van der Waals surface area contributed by atoms with Crippen LogP contribution >= 0.6 is 0 Å². The summed E-state index contributed by atoms with van der Waals surface area (Å²) in [4.78, 5) is 16.7. The van der Waals surface area contributed by atoms with Gasteiger partial charge in [0.1, 0.15) is 0 Å². The number of amides is 1. The van der Waals surface area contributed by atoms with Gasteiger partial charge in [0, 0.05) is 23.3 Å². The van der Waals surface area contributed by atoms with Crippen LogP contribution in [0.5, 0.6) is 0 Å². The molecule has 4 rings (SSSR count). The average Bonchev–Trinajstić information content (AvgIpc) is 3.41. The van der Waals surface area contributed by atoms with E-state index in [0.717, 1.165) is 21.9 Å². The molecular weight excluding hydrogens is 360 g/mol. The molecule has 1 amide bonds. The first kappa shape index (κ1) is 19.3. The molecule has 3 aromatic rings. The summed E-state index contributed by atoms with van der Waals surface area (Å²) in [5.74, 6) is -0.414. The number of hydrazone groups is 1. The van der Waals surface area contributed by atoms with E-state index in [1.165, 1.54) is 5.56 Å². The van der Waals surface area contributed by atoms with E-state index >= 15 is 0 Å². The molecule has 0 aliphatic heterocycles. The van der Waals surface area contributed by atoms with Gasteiger partial charge in [-0.3, -0.25) is 9.78 Å². The van der Waals surface area contributed by atoms with Crippen molar-refractivity contribution >= 4 is 22.9 Å². The topological polar surface area (TPSA) is 80.4 Å². The second-order valence-corrected chi connectivity index (χ2v) is 8.80. The highest BCUT2D eigenvalue weighted by molar-refractivity contribution is 5.99. The molecule has 0 bridgehead atoms. The normalized spacial score (nSPS) is 21.4. The van der Waals surface area contributed by atoms with Gasteiger partial charge in [-0.05, 0) is 34.4 Å². The fraction of sp³-hybridized carbons (Fsp3) is 0.292. The standard InChI is InChI=1S/C24H26N4O/c1-23(2,3)18-7-9-19(10-8-18)24(25)13-21(24)22(29)28-27-15-17-6-4-5-16-14-26-12-11-20(16)17/h4-12,14-15,21H,13,25H2,1-3H3,(H,28,29)/b27-15+. The number of nitrogens with zero attached hydrogens (tertiary/aromatic N) is 2. The van der Waals surface area contributed by atoms with E-state index in [-0.39, 0.29) is 17.2 Å². The Kier molecular flexibility index (Phi) is 4.71. The van der Waals surface area contributed by atoms with Gasteiger partial charge in [0.25, 0.3) is 0 Å². The van der Waals surface area contributed by atoms with Crippen molar-refractivity contribution in [2.24, 2.45) is 16.8 Å². The van der Waals surface area contributed by atoms with Crippen LogP contribution < -0.4 is 11.2 Å². The fourth-order valence-corrected chi connectivity index (χ4v) is 3.71. The third kappa shape index (κ3) is 3.78. The van der Waals surface area contributed by atoms with E-state index < -0.39 is 5.54 Å². The second kappa shape index (κ2) is 7.08. The quantitative estimate of drug-likeness (QED) is 0.528. The van der Waals surface area contributed by atoms with Crippen LogP contribution in [0.2, 0.25) is 0 Å². The number of carbonyl (C=O) groups excluding carboxylic acids is 1. The molecule has 0 spiro atoms. The van der Waals surface area contributed by atoms with Gasteiger partial charge in [-0.15, -0.1) is 0 Å². The van der Waals surface area contributed by atoms with Crippen molar-refractivity contribution in [2.45, 2.75) is 38.1 Å². The molecule has 1 fully saturated rings. The number of benzene rings is 2. The summed E-state index contributed by atoms with van der Waals surface area (Å²) in [5, 5.41) is 6.23. The fourth-order valence-electron chi connectivity index (χ4n) is 3.71. The molecule has 5 heteroatoms. The van der Waals surface area contributed by atoms with Crippen LogP contribution in [0.4, 0.5) is 0 Å². The van der Waals surface area contributed by atoms with Crippen LogP contribution in [0.15, 0.2) is 66.0 Å². The Balaban J connectivity index is 1.43. The minimum Gasteiger partial charge on any atom is -0.321 e. The zero-order valence-corrected chi connectivity index (χ0v) is 17.0. The van der Waals surface area contributed by atoms with Gasteiger partial charge in [0.2, 0.25) is 5.91 Å². The van der Waals surface area contributed by atoms with Gasteiger partial charge in [0.15, 0.2) is 0 Å². The summed E-state index contributed by atoms with van der Waals surface area (Å²) >= 11 is 0. The molecule has 1 saturated carbocycles. The highest BCUT2D eigenvalue weighted by atomic mass is 16.2. The lowest BCUT2D eigenvalue weighted by Crippen LogP contribution is -2.30. The lowest BCUT2D eigenvalue weighted by atomic mass is 9.86. The van der Waals surface area contributed by atoms with Gasteiger partial charge in [-0.2, -0.15) is 5.10 Å². The van der Waals surface area contributed by atoms with Gasteiger partial charge in [0.05, 0.1) is 17.7 Å². The molecule has 1 heterocycles. The number of nitrogens with two attached hydrogens (primary N) is 1. The van der Waals surface area contributed by atoms with Crippen LogP contribution in [-0.2, 0) is 15.7 Å². The summed E-state index contributed by atoms with van der Waals surface area (Å²) in [7, 11) is 0. The monoisotopic (exact) mass is 386 g/mol. The number of carbonyl (C=O) groups is 1. The Morgan fingerprint density at radius 1 is 1.21 bits per heavy atom. The summed E-state index contributed by atoms with van der Waals surface area (Å²) in [5.41, 5.74) is 11.8. The predicted octanol–water partition coefficient (Wildman–Crippen LogP) is 3.86. The molecule has 3 N–H and O–H groups in total. The molecule has 0 saturated heterocycles. The maximum Gasteiger partial charge on any atom is 0.245 e. The van der Waals surface area contributed by atoms with Crippen LogP contribution in [0.25, 0.3) is 10.8 Å². The Bertz CT molecular complexity index is 1080. The average molecular weight is 386 g/mol. The maximum absolute atomic E-state index is 12.6. The van der Waals surface area contributed by atoms with Crippen molar-refractivity contribution in [3.63, 3.8) is 0 Å². The van der Waals surface area contributed by atoms with Crippen molar-refractivity contribution in [3.8, 4) is 0 Å². The van der Waals surface area contributed by atoms with Gasteiger partial charge >= 0.3 is 0 Å². The van der Waals surface area contributed by atoms with E-state index in [4.69, 9.17) is 5.73 Å². The van der Waals surface area contributed by atoms with Gasteiger partial charge in [-0.25, -0.2) is 5.43 Å². The SMILES string of the molecule is CC(C)(C)c1ccc(C2(N)CC2C(=O)N/N=C/c2cccc3cnccc23)cc1. The molecule has 0 radical (unpaired) electrons. The van der Waals surface area contributed by atoms with Crippen LogP contribution in [0.3, 0.4) is 0 Å². The number of hydrogen-bond donors (Lipinski definition) is 2. The third-order valence-electron chi connectivity index (χ3n) is 5.70. The van der Waals surface area contributed by atoms with Crippen molar-refractivity contribution in [3.05, 3.63) is 77.6 Å². The zero-order chi connectivity index (χ0) is 20.6. The van der Waals surface area contributed by atoms with Gasteiger partial charge in [-0.1, -0.05) is 63.2 Å². The highest BCUT2D eigenvalue weighted by Crippen LogP contribution is 2.49. The highest BCUT2D eigenvalue weighted by Gasteiger charge is 2.56. The largest absolute Gasteiger partial charge is 0.321 e. The minimum absolute atomic E-state index is 0.0903. The number of pyridine rings is 1. The molecule has 5 nitrogen and oxygen atoms in total. The summed E-state index contributed by atoms with van der Waals surface area (Å²) in [6.07, 6.45) is 5.85. The first-order valence-corrected chi connectivity index (χ1v) is 9.84. The van der Waals surface area contributed by atoms with Crippen LogP contribution in [-0.4, -0.2) is 17.1 Å². The van der Waals surface area contributed by atoms with Crippen molar-refractivity contribution in [2.75, 3.05) is 0 Å². The van der Waals surface area contributed by atoms with Crippen molar-refractivity contribution < 1.29 is 4.79 Å². The summed E-state index contributed by atoms with van der Waals surface area (Å²) in [6.45, 7) is 6.54. The molecule has 2 aromatic carbocycles. The molecule has 148 valence electrons. The zero-order valence-electron chi connectivity index (χ0n) is 17.0. The molecule has 29 heavy (non-hydrogen) atoms. The number of nitrogens with one attached hydrogen (secondary N) is 1. The van der Waals surface area contributed by atoms with Crippen molar-refractivity contribution in [1.82, 2.24) is 10.4 Å². The van der Waals surface area contributed by atoms with E-state index in [2.05, 4.69) is 48.4 Å². The summed E-state index contributed by atoms with van der Waals surface area (Å²) < 4.78 is 0. The second-order valence-electron chi connectivity index (χ2n) is 8.80. The first-order valence-electron chi connectivity index (χ1n) is 9.84. The molecule has 2 unspecified atom stereocenters.